The molecule has 6 heteroatoms. The highest BCUT2D eigenvalue weighted by Crippen LogP contribution is 2.41. The van der Waals surface area contributed by atoms with Crippen molar-refractivity contribution in [3.63, 3.8) is 0 Å². The molecule has 2 aromatic rings. The first-order valence-corrected chi connectivity index (χ1v) is 7.65. The van der Waals surface area contributed by atoms with Crippen molar-refractivity contribution in [2.45, 2.75) is 18.4 Å². The van der Waals surface area contributed by atoms with E-state index in [1.807, 2.05) is 54.6 Å². The Balaban J connectivity index is 0.00000208. The van der Waals surface area contributed by atoms with Crippen LogP contribution >= 0.6 is 17.0 Å². The third-order valence-electron chi connectivity index (χ3n) is 4.04. The van der Waals surface area contributed by atoms with Crippen molar-refractivity contribution in [2.75, 3.05) is 13.1 Å². The lowest BCUT2D eigenvalue weighted by Gasteiger charge is -2.37. The Hall–Kier alpha value is -2.05. The molecule has 0 aliphatic carbocycles. The highest BCUT2D eigenvalue weighted by Gasteiger charge is 2.40. The average molecular weight is 394 g/mol. The molecule has 1 aliphatic rings. The molecule has 128 valence electrons. The van der Waals surface area contributed by atoms with Crippen molar-refractivity contribution in [1.29, 1.82) is 0 Å². The summed E-state index contributed by atoms with van der Waals surface area (Å²) in [5, 5.41) is 12.4. The van der Waals surface area contributed by atoms with Crippen LogP contribution in [0.15, 0.2) is 54.6 Å². The zero-order chi connectivity index (χ0) is 16.1. The zero-order valence-electron chi connectivity index (χ0n) is 13.1. The van der Waals surface area contributed by atoms with Gasteiger partial charge in [-0.3, -0.25) is 0 Å². The van der Waals surface area contributed by atoms with Crippen molar-refractivity contribution in [3.05, 3.63) is 60.2 Å². The Morgan fingerprint density at radius 1 is 1.00 bits per heavy atom. The Morgan fingerprint density at radius 2 is 1.62 bits per heavy atom. The molecule has 1 heterocycles. The van der Waals surface area contributed by atoms with Gasteiger partial charge in [0.25, 0.3) is 0 Å². The summed E-state index contributed by atoms with van der Waals surface area (Å²) in [7, 11) is 0. The van der Waals surface area contributed by atoms with Crippen molar-refractivity contribution in [1.82, 2.24) is 5.32 Å². The predicted octanol–water partition coefficient (Wildman–Crippen LogP) is 4.33. The standard InChI is InChI=1S/C18H19NO4.BrH/c20-17(21)23-18(10-12-19-13-11-18)15-8-4-5-9-16(15)22-14-6-2-1-3-7-14;/h1-9,19H,10-13H2,(H,20,21);1H. The number of rotatable bonds is 4. The van der Waals surface area contributed by atoms with E-state index in [4.69, 9.17) is 9.47 Å². The molecule has 5 nitrogen and oxygen atoms in total. The molecule has 1 aliphatic heterocycles. The van der Waals surface area contributed by atoms with Crippen molar-refractivity contribution >= 4 is 23.1 Å². The number of piperidine rings is 1. The summed E-state index contributed by atoms with van der Waals surface area (Å²) >= 11 is 0. The average Bonchev–Trinajstić information content (AvgIpc) is 2.56. The summed E-state index contributed by atoms with van der Waals surface area (Å²) in [6.07, 6.45) is -0.107. The smallest absolute Gasteiger partial charge is 0.457 e. The SMILES string of the molecule is Br.O=C(O)OC1(c2ccccc2Oc2ccccc2)CCNCC1. The third-order valence-corrected chi connectivity index (χ3v) is 4.04. The van der Waals surface area contributed by atoms with Gasteiger partial charge in [0.15, 0.2) is 0 Å². The molecule has 0 bridgehead atoms. The Labute approximate surface area is 151 Å². The lowest BCUT2D eigenvalue weighted by molar-refractivity contribution is -0.0427. The fraction of sp³-hybridized carbons (Fsp3) is 0.278. The van der Waals surface area contributed by atoms with E-state index in [1.165, 1.54) is 0 Å². The van der Waals surface area contributed by atoms with Crippen molar-refractivity contribution in [2.24, 2.45) is 0 Å². The topological polar surface area (TPSA) is 67.8 Å². The van der Waals surface area contributed by atoms with Gasteiger partial charge in [0.05, 0.1) is 0 Å². The number of halogens is 1. The summed E-state index contributed by atoms with van der Waals surface area (Å²) < 4.78 is 11.3. The van der Waals surface area contributed by atoms with Gasteiger partial charge in [-0.2, -0.15) is 0 Å². The van der Waals surface area contributed by atoms with Crippen LogP contribution in [0.3, 0.4) is 0 Å². The van der Waals surface area contributed by atoms with Gasteiger partial charge in [0.2, 0.25) is 0 Å². The van der Waals surface area contributed by atoms with Gasteiger partial charge in [-0.1, -0.05) is 36.4 Å². The van der Waals surface area contributed by atoms with Crippen LogP contribution in [0.1, 0.15) is 18.4 Å². The number of nitrogens with one attached hydrogen (secondary N) is 1. The fourth-order valence-corrected chi connectivity index (χ4v) is 2.97. The van der Waals surface area contributed by atoms with E-state index in [0.29, 0.717) is 37.4 Å². The first-order valence-electron chi connectivity index (χ1n) is 7.65. The van der Waals surface area contributed by atoms with E-state index in [-0.39, 0.29) is 17.0 Å². The molecule has 0 radical (unpaired) electrons. The van der Waals surface area contributed by atoms with E-state index >= 15 is 0 Å². The molecule has 2 aromatic carbocycles. The molecule has 0 atom stereocenters. The number of para-hydroxylation sites is 2. The number of benzene rings is 2. The molecule has 1 saturated heterocycles. The number of hydrogen-bond acceptors (Lipinski definition) is 4. The molecule has 0 saturated carbocycles. The Morgan fingerprint density at radius 3 is 2.29 bits per heavy atom. The summed E-state index contributed by atoms with van der Waals surface area (Å²) in [5.74, 6) is 1.33. The van der Waals surface area contributed by atoms with Crippen LogP contribution < -0.4 is 10.1 Å². The maximum atomic E-state index is 11.2. The summed E-state index contributed by atoms with van der Waals surface area (Å²) in [6.45, 7) is 1.40. The van der Waals surface area contributed by atoms with Crippen LogP contribution in [0, 0.1) is 0 Å². The number of ether oxygens (including phenoxy) is 2. The molecule has 24 heavy (non-hydrogen) atoms. The monoisotopic (exact) mass is 393 g/mol. The molecule has 0 aromatic heterocycles. The fourth-order valence-electron chi connectivity index (χ4n) is 2.97. The minimum Gasteiger partial charge on any atom is -0.457 e. The first-order chi connectivity index (χ1) is 11.2. The van der Waals surface area contributed by atoms with Gasteiger partial charge in [0, 0.05) is 18.4 Å². The quantitative estimate of drug-likeness (QED) is 0.756. The van der Waals surface area contributed by atoms with Crippen LogP contribution in [0.2, 0.25) is 0 Å². The predicted molar refractivity (Wildman–Crippen MR) is 96.2 cm³/mol. The van der Waals surface area contributed by atoms with Crippen LogP contribution in [0.4, 0.5) is 4.79 Å². The third kappa shape index (κ3) is 4.07. The maximum Gasteiger partial charge on any atom is 0.506 e. The van der Waals surface area contributed by atoms with Gasteiger partial charge in [-0.05, 0) is 31.3 Å². The molecular formula is C18H20BrNO4. The van der Waals surface area contributed by atoms with E-state index in [0.717, 1.165) is 5.56 Å². The van der Waals surface area contributed by atoms with Crippen LogP contribution in [-0.2, 0) is 10.3 Å². The van der Waals surface area contributed by atoms with Gasteiger partial charge >= 0.3 is 6.16 Å². The Kier molecular flexibility index (Phi) is 6.23. The minimum absolute atomic E-state index is 0. The van der Waals surface area contributed by atoms with Gasteiger partial charge < -0.3 is 19.9 Å². The largest absolute Gasteiger partial charge is 0.506 e. The van der Waals surface area contributed by atoms with E-state index in [2.05, 4.69) is 5.32 Å². The summed E-state index contributed by atoms with van der Waals surface area (Å²) in [6, 6.07) is 16.9. The van der Waals surface area contributed by atoms with Crippen LogP contribution in [0.5, 0.6) is 11.5 Å². The Bertz CT molecular complexity index is 672. The maximum absolute atomic E-state index is 11.2. The van der Waals surface area contributed by atoms with Gasteiger partial charge in [-0.15, -0.1) is 17.0 Å². The summed E-state index contributed by atoms with van der Waals surface area (Å²) in [4.78, 5) is 11.2. The van der Waals surface area contributed by atoms with Crippen molar-refractivity contribution < 1.29 is 19.4 Å². The molecular weight excluding hydrogens is 374 g/mol. The molecule has 3 rings (SSSR count). The second-order valence-electron chi connectivity index (χ2n) is 5.52. The molecule has 2 N–H and O–H groups in total. The second-order valence-corrected chi connectivity index (χ2v) is 5.52. The van der Waals surface area contributed by atoms with E-state index in [1.54, 1.807) is 0 Å². The normalized spacial score (nSPS) is 15.8. The number of carboxylic acid groups (broad SMARTS) is 1. The molecule has 0 spiro atoms. The number of hydrogen-bond donors (Lipinski definition) is 2. The van der Waals surface area contributed by atoms with Crippen LogP contribution in [-0.4, -0.2) is 24.4 Å². The van der Waals surface area contributed by atoms with E-state index < -0.39 is 11.8 Å². The van der Waals surface area contributed by atoms with Crippen LogP contribution in [0.25, 0.3) is 0 Å². The van der Waals surface area contributed by atoms with Crippen molar-refractivity contribution in [3.8, 4) is 11.5 Å². The first kappa shape index (κ1) is 18.3. The number of carbonyl (C=O) groups is 1. The molecule has 0 amide bonds. The van der Waals surface area contributed by atoms with Gasteiger partial charge in [0.1, 0.15) is 17.1 Å². The van der Waals surface area contributed by atoms with Gasteiger partial charge in [-0.25, -0.2) is 4.79 Å². The highest BCUT2D eigenvalue weighted by atomic mass is 79.9. The second kappa shape index (κ2) is 8.17. The lowest BCUT2D eigenvalue weighted by Crippen LogP contribution is -2.43. The molecule has 0 unspecified atom stereocenters. The molecule has 1 fully saturated rings. The highest BCUT2D eigenvalue weighted by molar-refractivity contribution is 8.93. The zero-order valence-corrected chi connectivity index (χ0v) is 14.8. The minimum atomic E-state index is -1.26. The summed E-state index contributed by atoms with van der Waals surface area (Å²) in [5.41, 5.74) is -0.101. The lowest BCUT2D eigenvalue weighted by atomic mass is 9.84. The van der Waals surface area contributed by atoms with E-state index in [9.17, 15) is 9.90 Å².